The van der Waals surface area contributed by atoms with Crippen molar-refractivity contribution in [2.24, 2.45) is 7.05 Å². The van der Waals surface area contributed by atoms with Crippen molar-refractivity contribution in [3.05, 3.63) is 60.2 Å². The smallest absolute Gasteiger partial charge is 0.0503 e. The van der Waals surface area contributed by atoms with Crippen LogP contribution in [0.4, 0.5) is 0 Å². The molecule has 0 spiro atoms. The zero-order valence-electron chi connectivity index (χ0n) is 14.7. The average Bonchev–Trinajstić information content (AvgIpc) is 3.14. The number of thiophene rings is 1. The van der Waals surface area contributed by atoms with Gasteiger partial charge in [-0.2, -0.15) is 0 Å². The lowest BCUT2D eigenvalue weighted by Crippen LogP contribution is -1.87. The summed E-state index contributed by atoms with van der Waals surface area (Å²) in [5, 5.41) is 5.54. The first-order valence-electron chi connectivity index (χ1n) is 9.08. The Labute approximate surface area is 151 Å². The van der Waals surface area contributed by atoms with Crippen molar-refractivity contribution >= 4 is 53.3 Å². The standard InChI is InChI=1S/C23H21NS/c1-3-4-7-15-10-11-20-17(12-15)18-13-19-16-8-5-6-9-22(16)25-23(19)14-21(18)24(20)2/h5-6,8-14H,3-4,7H2,1-2H3. The predicted molar refractivity (Wildman–Crippen MR) is 112 cm³/mol. The van der Waals surface area contributed by atoms with Gasteiger partial charge in [0.05, 0.1) is 5.52 Å². The molecule has 0 saturated heterocycles. The molecule has 0 aliphatic carbocycles. The third-order valence-corrected chi connectivity index (χ3v) is 6.52. The maximum Gasteiger partial charge on any atom is 0.0503 e. The van der Waals surface area contributed by atoms with Gasteiger partial charge in [0.1, 0.15) is 0 Å². The van der Waals surface area contributed by atoms with Gasteiger partial charge in [-0.25, -0.2) is 0 Å². The number of aromatic nitrogens is 1. The van der Waals surface area contributed by atoms with Gasteiger partial charge in [0.2, 0.25) is 0 Å². The van der Waals surface area contributed by atoms with E-state index in [9.17, 15) is 0 Å². The van der Waals surface area contributed by atoms with E-state index >= 15 is 0 Å². The van der Waals surface area contributed by atoms with Gasteiger partial charge >= 0.3 is 0 Å². The van der Waals surface area contributed by atoms with Crippen LogP contribution in [-0.4, -0.2) is 4.57 Å². The highest BCUT2D eigenvalue weighted by molar-refractivity contribution is 7.25. The van der Waals surface area contributed by atoms with Crippen LogP contribution >= 0.6 is 11.3 Å². The lowest BCUT2D eigenvalue weighted by Gasteiger charge is -2.01. The van der Waals surface area contributed by atoms with Crippen LogP contribution in [0.25, 0.3) is 42.0 Å². The SMILES string of the molecule is CCCCc1ccc2c(c1)c1cc3c(cc1n2C)sc1ccccc13. The summed E-state index contributed by atoms with van der Waals surface area (Å²) in [7, 11) is 2.19. The van der Waals surface area contributed by atoms with E-state index in [1.807, 2.05) is 11.3 Å². The van der Waals surface area contributed by atoms with Gasteiger partial charge in [0.15, 0.2) is 0 Å². The fourth-order valence-corrected chi connectivity index (χ4v) is 5.13. The van der Waals surface area contributed by atoms with Crippen LogP contribution in [0.5, 0.6) is 0 Å². The number of aryl methyl sites for hydroxylation is 2. The Morgan fingerprint density at radius 3 is 2.52 bits per heavy atom. The minimum absolute atomic E-state index is 1.17. The molecule has 0 bridgehead atoms. The Bertz CT molecular complexity index is 1240. The number of nitrogens with zero attached hydrogens (tertiary/aromatic N) is 1. The molecule has 2 heteroatoms. The van der Waals surface area contributed by atoms with Crippen LogP contribution in [0.3, 0.4) is 0 Å². The molecule has 0 saturated carbocycles. The number of rotatable bonds is 3. The lowest BCUT2D eigenvalue weighted by molar-refractivity contribution is 0.796. The Hall–Kier alpha value is -2.32. The third kappa shape index (κ3) is 2.21. The van der Waals surface area contributed by atoms with Crippen LogP contribution in [-0.2, 0) is 13.5 Å². The fourth-order valence-electron chi connectivity index (χ4n) is 4.01. The van der Waals surface area contributed by atoms with Gasteiger partial charge < -0.3 is 4.57 Å². The normalized spacial score (nSPS) is 12.1. The molecule has 3 aromatic carbocycles. The van der Waals surface area contributed by atoms with E-state index in [1.165, 1.54) is 66.8 Å². The van der Waals surface area contributed by atoms with E-state index in [-0.39, 0.29) is 0 Å². The molecule has 0 atom stereocenters. The number of hydrogen-bond acceptors (Lipinski definition) is 1. The van der Waals surface area contributed by atoms with Gasteiger partial charge in [-0.15, -0.1) is 11.3 Å². The molecule has 25 heavy (non-hydrogen) atoms. The largest absolute Gasteiger partial charge is 0.344 e. The molecule has 0 aliphatic rings. The molecule has 0 unspecified atom stereocenters. The Kier molecular flexibility index (Phi) is 3.36. The lowest BCUT2D eigenvalue weighted by atomic mass is 10.0. The maximum atomic E-state index is 2.41. The summed E-state index contributed by atoms with van der Waals surface area (Å²) >= 11 is 1.90. The highest BCUT2D eigenvalue weighted by Crippen LogP contribution is 2.39. The van der Waals surface area contributed by atoms with Crippen molar-refractivity contribution in [1.29, 1.82) is 0 Å². The second-order valence-corrected chi connectivity index (χ2v) is 8.06. The first-order chi connectivity index (χ1) is 12.3. The highest BCUT2D eigenvalue weighted by atomic mass is 32.1. The van der Waals surface area contributed by atoms with Crippen molar-refractivity contribution in [3.63, 3.8) is 0 Å². The summed E-state index contributed by atoms with van der Waals surface area (Å²) in [6.45, 7) is 2.26. The monoisotopic (exact) mass is 343 g/mol. The van der Waals surface area contributed by atoms with E-state index in [0.29, 0.717) is 0 Å². The van der Waals surface area contributed by atoms with Crippen molar-refractivity contribution < 1.29 is 0 Å². The van der Waals surface area contributed by atoms with Crippen LogP contribution in [0.1, 0.15) is 25.3 Å². The van der Waals surface area contributed by atoms with Crippen LogP contribution < -0.4 is 0 Å². The van der Waals surface area contributed by atoms with Crippen LogP contribution in [0.15, 0.2) is 54.6 Å². The Morgan fingerprint density at radius 2 is 1.64 bits per heavy atom. The highest BCUT2D eigenvalue weighted by Gasteiger charge is 2.13. The first-order valence-corrected chi connectivity index (χ1v) is 9.90. The molecule has 0 radical (unpaired) electrons. The number of unbranched alkanes of at least 4 members (excludes halogenated alkanes) is 1. The van der Waals surface area contributed by atoms with Gasteiger partial charge in [0.25, 0.3) is 0 Å². The molecule has 124 valence electrons. The minimum atomic E-state index is 1.17. The molecule has 0 aliphatic heterocycles. The van der Waals surface area contributed by atoms with E-state index < -0.39 is 0 Å². The quantitative estimate of drug-likeness (QED) is 0.331. The molecular formula is C23H21NS. The second-order valence-electron chi connectivity index (χ2n) is 6.98. The molecule has 0 N–H and O–H groups in total. The van der Waals surface area contributed by atoms with Crippen molar-refractivity contribution in [3.8, 4) is 0 Å². The summed E-state index contributed by atoms with van der Waals surface area (Å²) in [5.41, 5.74) is 4.12. The molecule has 1 nitrogen and oxygen atoms in total. The molecule has 2 aromatic heterocycles. The molecule has 5 aromatic rings. The molecule has 5 rings (SSSR count). The summed E-state index contributed by atoms with van der Waals surface area (Å²) in [6.07, 6.45) is 3.68. The van der Waals surface area contributed by atoms with Crippen molar-refractivity contribution in [2.45, 2.75) is 26.2 Å². The van der Waals surface area contributed by atoms with E-state index in [1.54, 1.807) is 0 Å². The van der Waals surface area contributed by atoms with Crippen molar-refractivity contribution in [2.75, 3.05) is 0 Å². The minimum Gasteiger partial charge on any atom is -0.344 e. The van der Waals surface area contributed by atoms with E-state index in [4.69, 9.17) is 0 Å². The summed E-state index contributed by atoms with van der Waals surface area (Å²) in [6, 6.07) is 20.5. The summed E-state index contributed by atoms with van der Waals surface area (Å²) < 4.78 is 5.10. The zero-order valence-corrected chi connectivity index (χ0v) is 15.5. The van der Waals surface area contributed by atoms with Crippen LogP contribution in [0.2, 0.25) is 0 Å². The Morgan fingerprint density at radius 1 is 0.800 bits per heavy atom. The third-order valence-electron chi connectivity index (χ3n) is 5.39. The molecule has 2 heterocycles. The van der Waals surface area contributed by atoms with Gasteiger partial charge in [-0.3, -0.25) is 0 Å². The van der Waals surface area contributed by atoms with Gasteiger partial charge in [-0.05, 0) is 48.7 Å². The zero-order chi connectivity index (χ0) is 17.0. The molecular weight excluding hydrogens is 322 g/mol. The van der Waals surface area contributed by atoms with Gasteiger partial charge in [-0.1, -0.05) is 37.6 Å². The number of fused-ring (bicyclic) bond motifs is 6. The topological polar surface area (TPSA) is 4.93 Å². The van der Waals surface area contributed by atoms with Gasteiger partial charge in [0, 0.05) is 43.5 Å². The summed E-state index contributed by atoms with van der Waals surface area (Å²) in [4.78, 5) is 0. The van der Waals surface area contributed by atoms with E-state index in [0.717, 1.165) is 0 Å². The molecule has 0 fully saturated rings. The first kappa shape index (κ1) is 15.0. The number of hydrogen-bond donors (Lipinski definition) is 0. The average molecular weight is 343 g/mol. The van der Waals surface area contributed by atoms with Crippen LogP contribution in [0, 0.1) is 0 Å². The maximum absolute atomic E-state index is 2.41. The van der Waals surface area contributed by atoms with E-state index in [2.05, 4.69) is 73.1 Å². The number of benzene rings is 3. The molecule has 0 amide bonds. The second kappa shape index (κ2) is 5.60. The Balaban J connectivity index is 1.86. The predicted octanol–water partition coefficient (Wildman–Crippen LogP) is 7.04. The fraction of sp³-hybridized carbons (Fsp3) is 0.217. The van der Waals surface area contributed by atoms with Crippen molar-refractivity contribution in [1.82, 2.24) is 4.57 Å². The summed E-state index contributed by atoms with van der Waals surface area (Å²) in [5.74, 6) is 0.